The van der Waals surface area contributed by atoms with Gasteiger partial charge in [0.1, 0.15) is 17.1 Å². The Labute approximate surface area is 114 Å². The van der Waals surface area contributed by atoms with Crippen molar-refractivity contribution in [1.29, 1.82) is 0 Å². The first-order valence-electron chi connectivity index (χ1n) is 7.19. The number of benzene rings is 1. The first-order chi connectivity index (χ1) is 9.13. The van der Waals surface area contributed by atoms with Gasteiger partial charge in [0.25, 0.3) is 0 Å². The summed E-state index contributed by atoms with van der Waals surface area (Å²) in [4.78, 5) is 0. The van der Waals surface area contributed by atoms with Crippen molar-refractivity contribution >= 4 is 0 Å². The average molecular weight is 262 g/mol. The molecule has 3 nitrogen and oxygen atoms in total. The molecule has 1 spiro atoms. The summed E-state index contributed by atoms with van der Waals surface area (Å²) in [5.41, 5.74) is 1.84. The number of aryl methyl sites for hydroxylation is 1. The third-order valence-electron chi connectivity index (χ3n) is 4.55. The summed E-state index contributed by atoms with van der Waals surface area (Å²) in [6, 6.07) is 3.88. The van der Waals surface area contributed by atoms with Crippen LogP contribution >= 0.6 is 0 Å². The van der Waals surface area contributed by atoms with Crippen LogP contribution in [0.15, 0.2) is 12.1 Å². The van der Waals surface area contributed by atoms with Gasteiger partial charge >= 0.3 is 0 Å². The van der Waals surface area contributed by atoms with Gasteiger partial charge in [-0.15, -0.1) is 0 Å². The van der Waals surface area contributed by atoms with E-state index in [1.807, 2.05) is 19.1 Å². The Morgan fingerprint density at radius 1 is 1.26 bits per heavy atom. The molecule has 1 fully saturated rings. The molecule has 0 amide bonds. The Kier molecular flexibility index (Phi) is 3.17. The van der Waals surface area contributed by atoms with E-state index in [0.29, 0.717) is 0 Å². The summed E-state index contributed by atoms with van der Waals surface area (Å²) >= 11 is 0. The van der Waals surface area contributed by atoms with Gasteiger partial charge in [0.15, 0.2) is 0 Å². The molecule has 1 heterocycles. The third kappa shape index (κ3) is 2.20. The standard InChI is InChI=1S/C16H22O3/c1-11-8-12(18-2)9-14-15(11)13(17)10-16(19-14)6-4-3-5-7-16/h8-9,13,17H,3-7,10H2,1-2H3. The minimum Gasteiger partial charge on any atom is -0.497 e. The zero-order valence-electron chi connectivity index (χ0n) is 11.7. The Balaban J connectivity index is 2.00. The molecule has 0 saturated heterocycles. The average Bonchev–Trinajstić information content (AvgIpc) is 2.38. The van der Waals surface area contributed by atoms with E-state index in [1.54, 1.807) is 7.11 Å². The smallest absolute Gasteiger partial charge is 0.129 e. The van der Waals surface area contributed by atoms with Gasteiger partial charge < -0.3 is 14.6 Å². The van der Waals surface area contributed by atoms with Crippen LogP contribution in [-0.2, 0) is 0 Å². The Bertz CT molecular complexity index is 475. The lowest BCUT2D eigenvalue weighted by Crippen LogP contribution is -2.42. The van der Waals surface area contributed by atoms with Crippen molar-refractivity contribution < 1.29 is 14.6 Å². The van der Waals surface area contributed by atoms with Crippen molar-refractivity contribution in [2.24, 2.45) is 0 Å². The number of aliphatic hydroxyl groups excluding tert-OH is 1. The molecular formula is C16H22O3. The molecule has 1 unspecified atom stereocenters. The van der Waals surface area contributed by atoms with Gasteiger partial charge in [-0.1, -0.05) is 6.42 Å². The predicted molar refractivity (Wildman–Crippen MR) is 73.8 cm³/mol. The molecule has 0 bridgehead atoms. The van der Waals surface area contributed by atoms with Gasteiger partial charge in [0.05, 0.1) is 13.2 Å². The fraction of sp³-hybridized carbons (Fsp3) is 0.625. The van der Waals surface area contributed by atoms with E-state index in [0.717, 1.165) is 41.9 Å². The van der Waals surface area contributed by atoms with Crippen LogP contribution in [-0.4, -0.2) is 17.8 Å². The van der Waals surface area contributed by atoms with Crippen molar-refractivity contribution in [3.63, 3.8) is 0 Å². The van der Waals surface area contributed by atoms with Gasteiger partial charge in [0, 0.05) is 18.1 Å². The molecule has 3 heteroatoms. The summed E-state index contributed by atoms with van der Waals surface area (Å²) in [7, 11) is 1.66. The maximum atomic E-state index is 10.5. The van der Waals surface area contributed by atoms with Gasteiger partial charge in [-0.3, -0.25) is 0 Å². The number of fused-ring (bicyclic) bond motifs is 1. The van der Waals surface area contributed by atoms with Crippen LogP contribution < -0.4 is 9.47 Å². The van der Waals surface area contributed by atoms with Crippen molar-refractivity contribution in [3.8, 4) is 11.5 Å². The van der Waals surface area contributed by atoms with E-state index in [4.69, 9.17) is 9.47 Å². The molecular weight excluding hydrogens is 240 g/mol. The molecule has 1 N–H and O–H groups in total. The van der Waals surface area contributed by atoms with E-state index in [2.05, 4.69) is 0 Å². The summed E-state index contributed by atoms with van der Waals surface area (Å²) < 4.78 is 11.6. The van der Waals surface area contributed by atoms with E-state index in [1.165, 1.54) is 19.3 Å². The molecule has 104 valence electrons. The van der Waals surface area contributed by atoms with Crippen LogP contribution in [0.25, 0.3) is 0 Å². The zero-order valence-corrected chi connectivity index (χ0v) is 11.7. The number of hydrogen-bond acceptors (Lipinski definition) is 3. The predicted octanol–water partition coefficient (Wildman–Crippen LogP) is 3.52. The highest BCUT2D eigenvalue weighted by Gasteiger charge is 2.41. The molecule has 0 radical (unpaired) electrons. The lowest BCUT2D eigenvalue weighted by Gasteiger charge is -2.43. The van der Waals surface area contributed by atoms with Crippen LogP contribution in [0.4, 0.5) is 0 Å². The fourth-order valence-electron chi connectivity index (χ4n) is 3.60. The highest BCUT2D eigenvalue weighted by Crippen LogP contribution is 2.48. The summed E-state index contributed by atoms with van der Waals surface area (Å²) in [5.74, 6) is 1.62. The van der Waals surface area contributed by atoms with Crippen LogP contribution in [0, 0.1) is 6.92 Å². The number of rotatable bonds is 1. The Morgan fingerprint density at radius 2 is 2.00 bits per heavy atom. The number of hydrogen-bond donors (Lipinski definition) is 1. The number of methoxy groups -OCH3 is 1. The topological polar surface area (TPSA) is 38.7 Å². The van der Waals surface area contributed by atoms with Crippen LogP contribution in [0.2, 0.25) is 0 Å². The molecule has 2 aliphatic rings. The van der Waals surface area contributed by atoms with Crippen LogP contribution in [0.1, 0.15) is 55.8 Å². The normalized spacial score (nSPS) is 24.7. The van der Waals surface area contributed by atoms with E-state index < -0.39 is 6.10 Å². The fourth-order valence-corrected chi connectivity index (χ4v) is 3.60. The van der Waals surface area contributed by atoms with E-state index >= 15 is 0 Å². The number of ether oxygens (including phenoxy) is 2. The van der Waals surface area contributed by atoms with Gasteiger partial charge in [0.2, 0.25) is 0 Å². The lowest BCUT2D eigenvalue weighted by atomic mass is 9.77. The Hall–Kier alpha value is -1.22. The minimum absolute atomic E-state index is 0.149. The molecule has 1 aliphatic carbocycles. The minimum atomic E-state index is -0.409. The van der Waals surface area contributed by atoms with Crippen molar-refractivity contribution in [3.05, 3.63) is 23.3 Å². The first kappa shape index (κ1) is 12.8. The van der Waals surface area contributed by atoms with E-state index in [9.17, 15) is 5.11 Å². The maximum Gasteiger partial charge on any atom is 0.129 e. The second-order valence-electron chi connectivity index (χ2n) is 5.92. The second-order valence-corrected chi connectivity index (χ2v) is 5.92. The highest BCUT2D eigenvalue weighted by atomic mass is 16.5. The second kappa shape index (κ2) is 4.71. The molecule has 1 aromatic carbocycles. The lowest BCUT2D eigenvalue weighted by molar-refractivity contribution is -0.0385. The quantitative estimate of drug-likeness (QED) is 0.841. The largest absolute Gasteiger partial charge is 0.497 e. The molecule has 0 aromatic heterocycles. The molecule has 19 heavy (non-hydrogen) atoms. The van der Waals surface area contributed by atoms with Crippen molar-refractivity contribution in [2.45, 2.75) is 57.2 Å². The molecule has 3 rings (SSSR count). The first-order valence-corrected chi connectivity index (χ1v) is 7.19. The van der Waals surface area contributed by atoms with Gasteiger partial charge in [-0.2, -0.15) is 0 Å². The SMILES string of the molecule is COc1cc(C)c2c(c1)OC1(CCCCC1)CC2O. The summed E-state index contributed by atoms with van der Waals surface area (Å²) in [5, 5.41) is 10.5. The molecule has 1 aliphatic heterocycles. The van der Waals surface area contributed by atoms with Crippen molar-refractivity contribution in [1.82, 2.24) is 0 Å². The summed E-state index contributed by atoms with van der Waals surface area (Å²) in [6.45, 7) is 2.01. The molecule has 1 atom stereocenters. The Morgan fingerprint density at radius 3 is 2.68 bits per heavy atom. The van der Waals surface area contributed by atoms with Crippen LogP contribution in [0.3, 0.4) is 0 Å². The molecule has 1 saturated carbocycles. The number of aliphatic hydroxyl groups is 1. The summed E-state index contributed by atoms with van der Waals surface area (Å²) in [6.07, 6.45) is 6.11. The molecule has 1 aromatic rings. The van der Waals surface area contributed by atoms with Gasteiger partial charge in [-0.25, -0.2) is 0 Å². The van der Waals surface area contributed by atoms with E-state index in [-0.39, 0.29) is 5.60 Å². The zero-order chi connectivity index (χ0) is 13.5. The van der Waals surface area contributed by atoms with Gasteiger partial charge in [-0.05, 0) is 44.2 Å². The maximum absolute atomic E-state index is 10.5. The van der Waals surface area contributed by atoms with Crippen LogP contribution in [0.5, 0.6) is 11.5 Å². The third-order valence-corrected chi connectivity index (χ3v) is 4.55. The highest BCUT2D eigenvalue weighted by molar-refractivity contribution is 5.49. The monoisotopic (exact) mass is 262 g/mol. The van der Waals surface area contributed by atoms with Crippen molar-refractivity contribution in [2.75, 3.05) is 7.11 Å².